The molecule has 5 heteroatoms. The standard InChI is InChI=1S/C20H20ClN3O/c1-23(20(25)11-10-16-6-5-7-18(21)12-16)14-17-13-22-24(15-17)19-8-3-2-4-9-19/h2-9,12-13,15H,10-11,14H2,1H3. The maximum atomic E-state index is 12.3. The first-order valence-corrected chi connectivity index (χ1v) is 8.57. The highest BCUT2D eigenvalue weighted by Crippen LogP contribution is 2.14. The summed E-state index contributed by atoms with van der Waals surface area (Å²) in [5.41, 5.74) is 3.08. The van der Waals surface area contributed by atoms with E-state index >= 15 is 0 Å². The Kier molecular flexibility index (Phi) is 5.51. The zero-order chi connectivity index (χ0) is 17.6. The fourth-order valence-electron chi connectivity index (χ4n) is 2.66. The maximum absolute atomic E-state index is 12.3. The first-order valence-electron chi connectivity index (χ1n) is 8.19. The van der Waals surface area contributed by atoms with E-state index in [1.807, 2.05) is 72.5 Å². The fraction of sp³-hybridized carbons (Fsp3) is 0.200. The Morgan fingerprint density at radius 1 is 1.12 bits per heavy atom. The molecule has 0 spiro atoms. The predicted octanol–water partition coefficient (Wildman–Crippen LogP) is 4.12. The summed E-state index contributed by atoms with van der Waals surface area (Å²) in [5.74, 6) is 0.104. The van der Waals surface area contributed by atoms with Crippen molar-refractivity contribution in [3.05, 3.63) is 83.1 Å². The van der Waals surface area contributed by atoms with Gasteiger partial charge >= 0.3 is 0 Å². The van der Waals surface area contributed by atoms with Gasteiger partial charge in [-0.1, -0.05) is 41.9 Å². The molecule has 0 radical (unpaired) electrons. The van der Waals surface area contributed by atoms with Crippen molar-refractivity contribution < 1.29 is 4.79 Å². The van der Waals surface area contributed by atoms with Crippen LogP contribution in [-0.2, 0) is 17.8 Å². The van der Waals surface area contributed by atoms with Gasteiger partial charge in [-0.05, 0) is 36.2 Å². The Bertz CT molecular complexity index is 845. The molecule has 0 aliphatic rings. The highest BCUT2D eigenvalue weighted by atomic mass is 35.5. The molecular formula is C20H20ClN3O. The first-order chi connectivity index (χ1) is 12.1. The Balaban J connectivity index is 1.56. The zero-order valence-corrected chi connectivity index (χ0v) is 14.9. The first kappa shape index (κ1) is 17.2. The summed E-state index contributed by atoms with van der Waals surface area (Å²) in [7, 11) is 1.82. The summed E-state index contributed by atoms with van der Waals surface area (Å²) in [4.78, 5) is 14.1. The Morgan fingerprint density at radius 2 is 1.92 bits per heavy atom. The van der Waals surface area contributed by atoms with Gasteiger partial charge in [-0.25, -0.2) is 4.68 Å². The monoisotopic (exact) mass is 353 g/mol. The number of para-hydroxylation sites is 1. The van der Waals surface area contributed by atoms with Crippen molar-refractivity contribution in [1.82, 2.24) is 14.7 Å². The number of aromatic nitrogens is 2. The van der Waals surface area contributed by atoms with Gasteiger partial charge in [0.25, 0.3) is 0 Å². The minimum absolute atomic E-state index is 0.104. The molecule has 0 aliphatic carbocycles. The molecule has 0 unspecified atom stereocenters. The van der Waals surface area contributed by atoms with Crippen LogP contribution < -0.4 is 0 Å². The van der Waals surface area contributed by atoms with Gasteiger partial charge in [-0.15, -0.1) is 0 Å². The summed E-state index contributed by atoms with van der Waals surface area (Å²) >= 11 is 5.98. The van der Waals surface area contributed by atoms with Gasteiger partial charge in [0.05, 0.1) is 11.9 Å². The summed E-state index contributed by atoms with van der Waals surface area (Å²) in [6.07, 6.45) is 4.90. The molecule has 128 valence electrons. The average molecular weight is 354 g/mol. The van der Waals surface area contributed by atoms with Crippen LogP contribution in [0.1, 0.15) is 17.5 Å². The molecule has 3 aromatic rings. The number of aryl methyl sites for hydroxylation is 1. The molecular weight excluding hydrogens is 334 g/mol. The number of hydrogen-bond donors (Lipinski definition) is 0. The predicted molar refractivity (Wildman–Crippen MR) is 99.8 cm³/mol. The van der Waals surface area contributed by atoms with E-state index in [0.717, 1.165) is 16.8 Å². The molecule has 1 heterocycles. The Hall–Kier alpha value is -2.59. The van der Waals surface area contributed by atoms with Crippen molar-refractivity contribution in [2.75, 3.05) is 7.05 Å². The maximum Gasteiger partial charge on any atom is 0.222 e. The lowest BCUT2D eigenvalue weighted by molar-refractivity contribution is -0.130. The van der Waals surface area contributed by atoms with Gasteiger partial charge in [0.2, 0.25) is 5.91 Å². The second kappa shape index (κ2) is 7.99. The molecule has 0 fully saturated rings. The molecule has 0 saturated carbocycles. The third-order valence-electron chi connectivity index (χ3n) is 4.02. The smallest absolute Gasteiger partial charge is 0.222 e. The second-order valence-corrected chi connectivity index (χ2v) is 6.44. The second-order valence-electron chi connectivity index (χ2n) is 6.01. The lowest BCUT2D eigenvalue weighted by Gasteiger charge is -2.16. The van der Waals surface area contributed by atoms with E-state index in [4.69, 9.17) is 11.6 Å². The van der Waals surface area contributed by atoms with Crippen LogP contribution in [-0.4, -0.2) is 27.6 Å². The van der Waals surface area contributed by atoms with E-state index in [0.29, 0.717) is 24.4 Å². The minimum atomic E-state index is 0.104. The third-order valence-corrected chi connectivity index (χ3v) is 4.25. The van der Waals surface area contributed by atoms with Crippen molar-refractivity contribution in [3.63, 3.8) is 0 Å². The summed E-state index contributed by atoms with van der Waals surface area (Å²) < 4.78 is 1.82. The lowest BCUT2D eigenvalue weighted by atomic mass is 10.1. The molecule has 2 aromatic carbocycles. The quantitative estimate of drug-likeness (QED) is 0.668. The van der Waals surface area contributed by atoms with Crippen LogP contribution in [0, 0.1) is 0 Å². The fourth-order valence-corrected chi connectivity index (χ4v) is 2.87. The molecule has 25 heavy (non-hydrogen) atoms. The normalized spacial score (nSPS) is 10.6. The third kappa shape index (κ3) is 4.70. The van der Waals surface area contributed by atoms with Crippen LogP contribution >= 0.6 is 11.6 Å². The van der Waals surface area contributed by atoms with Gasteiger partial charge < -0.3 is 4.90 Å². The average Bonchev–Trinajstić information content (AvgIpc) is 3.09. The highest BCUT2D eigenvalue weighted by molar-refractivity contribution is 6.30. The number of benzene rings is 2. The van der Waals surface area contributed by atoms with E-state index in [9.17, 15) is 4.79 Å². The van der Waals surface area contributed by atoms with E-state index in [1.165, 1.54) is 0 Å². The van der Waals surface area contributed by atoms with Gasteiger partial charge in [0, 0.05) is 36.8 Å². The van der Waals surface area contributed by atoms with Crippen LogP contribution in [0.25, 0.3) is 5.69 Å². The number of nitrogens with zero attached hydrogens (tertiary/aromatic N) is 3. The van der Waals surface area contributed by atoms with Crippen molar-refractivity contribution >= 4 is 17.5 Å². The van der Waals surface area contributed by atoms with Crippen molar-refractivity contribution in [2.24, 2.45) is 0 Å². The number of rotatable bonds is 6. The van der Waals surface area contributed by atoms with Crippen LogP contribution in [0.4, 0.5) is 0 Å². The number of carbonyl (C=O) groups is 1. The van der Waals surface area contributed by atoms with E-state index in [-0.39, 0.29) is 5.91 Å². The van der Waals surface area contributed by atoms with Gasteiger partial charge in [0.15, 0.2) is 0 Å². The van der Waals surface area contributed by atoms with E-state index < -0.39 is 0 Å². The van der Waals surface area contributed by atoms with Crippen LogP contribution in [0.5, 0.6) is 0 Å². The van der Waals surface area contributed by atoms with Crippen LogP contribution in [0.3, 0.4) is 0 Å². The van der Waals surface area contributed by atoms with Crippen molar-refractivity contribution in [1.29, 1.82) is 0 Å². The largest absolute Gasteiger partial charge is 0.341 e. The minimum Gasteiger partial charge on any atom is -0.341 e. The molecule has 0 saturated heterocycles. The van der Waals surface area contributed by atoms with Gasteiger partial charge in [0.1, 0.15) is 0 Å². The molecule has 1 amide bonds. The number of amides is 1. The molecule has 4 nitrogen and oxygen atoms in total. The molecule has 0 atom stereocenters. The summed E-state index contributed by atoms with van der Waals surface area (Å²) in [6, 6.07) is 17.5. The Labute approximate surface area is 152 Å². The topological polar surface area (TPSA) is 38.1 Å². The molecule has 1 aromatic heterocycles. The van der Waals surface area contributed by atoms with Gasteiger partial charge in [-0.2, -0.15) is 5.10 Å². The SMILES string of the molecule is CN(Cc1cnn(-c2ccccc2)c1)C(=O)CCc1cccc(Cl)c1. The van der Waals surface area contributed by atoms with Gasteiger partial charge in [-0.3, -0.25) is 4.79 Å². The molecule has 0 aliphatic heterocycles. The number of carbonyl (C=O) groups excluding carboxylic acids is 1. The number of hydrogen-bond acceptors (Lipinski definition) is 2. The molecule has 0 bridgehead atoms. The molecule has 3 rings (SSSR count). The van der Waals surface area contributed by atoms with Crippen molar-refractivity contribution in [3.8, 4) is 5.69 Å². The summed E-state index contributed by atoms with van der Waals surface area (Å²) in [5, 5.41) is 5.07. The lowest BCUT2D eigenvalue weighted by Crippen LogP contribution is -2.26. The number of halogens is 1. The Morgan fingerprint density at radius 3 is 2.68 bits per heavy atom. The summed E-state index contributed by atoms with van der Waals surface area (Å²) in [6.45, 7) is 0.543. The van der Waals surface area contributed by atoms with E-state index in [1.54, 1.807) is 11.1 Å². The van der Waals surface area contributed by atoms with E-state index in [2.05, 4.69) is 5.10 Å². The molecule has 0 N–H and O–H groups in total. The van der Waals surface area contributed by atoms with Crippen LogP contribution in [0.15, 0.2) is 67.0 Å². The van der Waals surface area contributed by atoms with Crippen molar-refractivity contribution in [2.45, 2.75) is 19.4 Å². The van der Waals surface area contributed by atoms with Crippen LogP contribution in [0.2, 0.25) is 5.02 Å². The highest BCUT2D eigenvalue weighted by Gasteiger charge is 2.11. The zero-order valence-electron chi connectivity index (χ0n) is 14.1.